The summed E-state index contributed by atoms with van der Waals surface area (Å²) >= 11 is 3.65. The standard InChI is InChI=1S/C14H18BrN3/c1-18-7-6-16-10(9-18)8-12-11-4-2-3-5-13(11)17-14(12)15/h2-5,10,16-17H,6-9H2,1H3. The number of para-hydroxylation sites is 1. The van der Waals surface area contributed by atoms with E-state index in [1.807, 2.05) is 0 Å². The molecular weight excluding hydrogens is 290 g/mol. The van der Waals surface area contributed by atoms with Crippen LogP contribution in [0.2, 0.25) is 0 Å². The molecule has 1 aromatic carbocycles. The normalized spacial score (nSPS) is 21.6. The van der Waals surface area contributed by atoms with Gasteiger partial charge >= 0.3 is 0 Å². The number of aromatic amines is 1. The molecule has 1 aromatic heterocycles. The number of hydrogen-bond acceptors (Lipinski definition) is 2. The molecule has 0 bridgehead atoms. The van der Waals surface area contributed by atoms with Crippen LogP contribution < -0.4 is 5.32 Å². The minimum absolute atomic E-state index is 0.541. The first-order valence-corrected chi connectivity index (χ1v) is 7.20. The van der Waals surface area contributed by atoms with Gasteiger partial charge in [0, 0.05) is 36.6 Å². The van der Waals surface area contributed by atoms with Gasteiger partial charge in [-0.15, -0.1) is 0 Å². The van der Waals surface area contributed by atoms with E-state index in [1.165, 1.54) is 16.5 Å². The van der Waals surface area contributed by atoms with Crippen LogP contribution in [-0.4, -0.2) is 42.6 Å². The van der Waals surface area contributed by atoms with Crippen LogP contribution in [0.1, 0.15) is 5.56 Å². The average Bonchev–Trinajstić information content (AvgIpc) is 2.66. The molecule has 0 saturated carbocycles. The van der Waals surface area contributed by atoms with Crippen LogP contribution in [-0.2, 0) is 6.42 Å². The first kappa shape index (κ1) is 12.2. The molecule has 0 aliphatic carbocycles. The van der Waals surface area contributed by atoms with Gasteiger partial charge in [0.15, 0.2) is 0 Å². The molecule has 1 unspecified atom stereocenters. The zero-order valence-electron chi connectivity index (χ0n) is 10.5. The lowest BCUT2D eigenvalue weighted by atomic mass is 10.0. The van der Waals surface area contributed by atoms with Crippen molar-refractivity contribution in [2.45, 2.75) is 12.5 Å². The molecule has 3 nitrogen and oxygen atoms in total. The number of aromatic nitrogens is 1. The fourth-order valence-electron chi connectivity index (χ4n) is 2.74. The Balaban J connectivity index is 1.87. The molecule has 96 valence electrons. The molecule has 2 aromatic rings. The SMILES string of the molecule is CN1CCNC(Cc2c(Br)[nH]c3ccccc23)C1. The van der Waals surface area contributed by atoms with Crippen molar-refractivity contribution in [1.29, 1.82) is 0 Å². The summed E-state index contributed by atoms with van der Waals surface area (Å²) in [6.07, 6.45) is 1.06. The number of benzene rings is 1. The minimum atomic E-state index is 0.541. The molecule has 0 amide bonds. The van der Waals surface area contributed by atoms with E-state index in [4.69, 9.17) is 0 Å². The molecule has 1 fully saturated rings. The van der Waals surface area contributed by atoms with Crippen molar-refractivity contribution in [3.05, 3.63) is 34.4 Å². The summed E-state index contributed by atoms with van der Waals surface area (Å²) < 4.78 is 1.12. The van der Waals surface area contributed by atoms with Gasteiger partial charge in [-0.25, -0.2) is 0 Å². The van der Waals surface area contributed by atoms with Crippen molar-refractivity contribution in [1.82, 2.24) is 15.2 Å². The molecule has 0 spiro atoms. The lowest BCUT2D eigenvalue weighted by Crippen LogP contribution is -2.49. The lowest BCUT2D eigenvalue weighted by molar-refractivity contribution is 0.238. The first-order valence-electron chi connectivity index (χ1n) is 6.41. The third kappa shape index (κ3) is 2.32. The number of rotatable bonds is 2. The van der Waals surface area contributed by atoms with Crippen LogP contribution in [0.4, 0.5) is 0 Å². The predicted octanol–water partition coefficient (Wildman–Crippen LogP) is 2.38. The Morgan fingerprint density at radius 3 is 3.06 bits per heavy atom. The van der Waals surface area contributed by atoms with Gasteiger partial charge in [0.2, 0.25) is 0 Å². The summed E-state index contributed by atoms with van der Waals surface area (Å²) in [5.74, 6) is 0. The molecule has 0 radical (unpaired) electrons. The second kappa shape index (κ2) is 5.03. The number of halogens is 1. The smallest absolute Gasteiger partial charge is 0.0864 e. The maximum Gasteiger partial charge on any atom is 0.0864 e. The Labute approximate surface area is 116 Å². The Morgan fingerprint density at radius 1 is 1.39 bits per heavy atom. The second-order valence-corrected chi connectivity index (χ2v) is 5.87. The van der Waals surface area contributed by atoms with E-state index in [2.05, 4.69) is 62.4 Å². The summed E-state index contributed by atoms with van der Waals surface area (Å²) in [6.45, 7) is 3.35. The highest BCUT2D eigenvalue weighted by Crippen LogP contribution is 2.27. The summed E-state index contributed by atoms with van der Waals surface area (Å²) in [4.78, 5) is 5.80. The number of likely N-dealkylation sites (N-methyl/N-ethyl adjacent to an activating group) is 1. The van der Waals surface area contributed by atoms with Crippen LogP contribution in [0.5, 0.6) is 0 Å². The highest BCUT2D eigenvalue weighted by atomic mass is 79.9. The third-order valence-electron chi connectivity index (χ3n) is 3.67. The molecular formula is C14H18BrN3. The Bertz CT molecular complexity index is 549. The second-order valence-electron chi connectivity index (χ2n) is 5.08. The van der Waals surface area contributed by atoms with Crippen molar-refractivity contribution in [3.63, 3.8) is 0 Å². The Kier molecular flexibility index (Phi) is 3.41. The number of nitrogens with zero attached hydrogens (tertiary/aromatic N) is 1. The van der Waals surface area contributed by atoms with Gasteiger partial charge in [-0.05, 0) is 41.0 Å². The highest BCUT2D eigenvalue weighted by Gasteiger charge is 2.19. The van der Waals surface area contributed by atoms with E-state index in [1.54, 1.807) is 0 Å². The van der Waals surface area contributed by atoms with Gasteiger partial charge in [0.25, 0.3) is 0 Å². The minimum Gasteiger partial charge on any atom is -0.349 e. The van der Waals surface area contributed by atoms with E-state index < -0.39 is 0 Å². The maximum atomic E-state index is 3.65. The van der Waals surface area contributed by atoms with Gasteiger partial charge in [-0.2, -0.15) is 0 Å². The van der Waals surface area contributed by atoms with Crippen molar-refractivity contribution in [3.8, 4) is 0 Å². The van der Waals surface area contributed by atoms with Gasteiger partial charge < -0.3 is 15.2 Å². The topological polar surface area (TPSA) is 31.1 Å². The highest BCUT2D eigenvalue weighted by molar-refractivity contribution is 9.10. The number of hydrogen-bond donors (Lipinski definition) is 2. The number of H-pyrrole nitrogens is 1. The number of nitrogens with one attached hydrogen (secondary N) is 2. The summed E-state index contributed by atoms with van der Waals surface area (Å²) in [5.41, 5.74) is 2.60. The molecule has 1 saturated heterocycles. The molecule has 2 heterocycles. The quantitative estimate of drug-likeness (QED) is 0.892. The Hall–Kier alpha value is -0.840. The van der Waals surface area contributed by atoms with Crippen molar-refractivity contribution < 1.29 is 0 Å². The molecule has 1 aliphatic rings. The van der Waals surface area contributed by atoms with E-state index in [0.717, 1.165) is 30.7 Å². The number of fused-ring (bicyclic) bond motifs is 1. The zero-order valence-corrected chi connectivity index (χ0v) is 12.1. The van der Waals surface area contributed by atoms with Crippen LogP contribution in [0.15, 0.2) is 28.9 Å². The average molecular weight is 308 g/mol. The maximum absolute atomic E-state index is 3.65. The van der Waals surface area contributed by atoms with E-state index in [9.17, 15) is 0 Å². The lowest BCUT2D eigenvalue weighted by Gasteiger charge is -2.31. The third-order valence-corrected chi connectivity index (χ3v) is 4.35. The van der Waals surface area contributed by atoms with Crippen LogP contribution in [0, 0.1) is 0 Å². The van der Waals surface area contributed by atoms with Gasteiger partial charge in [0.05, 0.1) is 4.60 Å². The molecule has 4 heteroatoms. The van der Waals surface area contributed by atoms with Gasteiger partial charge in [-0.3, -0.25) is 0 Å². The fraction of sp³-hybridized carbons (Fsp3) is 0.429. The predicted molar refractivity (Wildman–Crippen MR) is 79.0 cm³/mol. The summed E-state index contributed by atoms with van der Waals surface area (Å²) in [5, 5.41) is 4.94. The van der Waals surface area contributed by atoms with Crippen LogP contribution in [0.25, 0.3) is 10.9 Å². The fourth-order valence-corrected chi connectivity index (χ4v) is 3.33. The number of piperazine rings is 1. The van der Waals surface area contributed by atoms with Crippen molar-refractivity contribution >= 4 is 26.8 Å². The monoisotopic (exact) mass is 307 g/mol. The molecule has 18 heavy (non-hydrogen) atoms. The molecule has 1 atom stereocenters. The molecule has 3 rings (SSSR count). The van der Waals surface area contributed by atoms with Gasteiger partial charge in [-0.1, -0.05) is 18.2 Å². The van der Waals surface area contributed by atoms with Crippen LogP contribution in [0.3, 0.4) is 0 Å². The Morgan fingerprint density at radius 2 is 2.22 bits per heavy atom. The van der Waals surface area contributed by atoms with Gasteiger partial charge in [0.1, 0.15) is 0 Å². The van der Waals surface area contributed by atoms with E-state index in [-0.39, 0.29) is 0 Å². The largest absolute Gasteiger partial charge is 0.349 e. The summed E-state index contributed by atoms with van der Waals surface area (Å²) in [6, 6.07) is 9.04. The van der Waals surface area contributed by atoms with Crippen LogP contribution >= 0.6 is 15.9 Å². The van der Waals surface area contributed by atoms with E-state index in [0.29, 0.717) is 6.04 Å². The van der Waals surface area contributed by atoms with E-state index >= 15 is 0 Å². The zero-order chi connectivity index (χ0) is 12.5. The summed E-state index contributed by atoms with van der Waals surface area (Å²) in [7, 11) is 2.19. The van der Waals surface area contributed by atoms with Crippen molar-refractivity contribution in [2.75, 3.05) is 26.7 Å². The molecule has 2 N–H and O–H groups in total. The molecule has 1 aliphatic heterocycles. The first-order chi connectivity index (χ1) is 8.74. The van der Waals surface area contributed by atoms with Crippen molar-refractivity contribution in [2.24, 2.45) is 0 Å².